The predicted molar refractivity (Wildman–Crippen MR) is 123 cm³/mol. The van der Waals surface area contributed by atoms with Gasteiger partial charge in [-0.1, -0.05) is 25.4 Å². The van der Waals surface area contributed by atoms with Gasteiger partial charge in [-0.05, 0) is 31.7 Å². The number of halogens is 2. The molecule has 4 N–H and O–H groups in total. The minimum atomic E-state index is -0.388. The van der Waals surface area contributed by atoms with Crippen molar-refractivity contribution in [2.75, 3.05) is 13.1 Å². The molecule has 3 heterocycles. The number of nitrogens with zero attached hydrogens (tertiary/aromatic N) is 3. The lowest BCUT2D eigenvalue weighted by molar-refractivity contribution is -0.134. The van der Waals surface area contributed by atoms with Crippen LogP contribution in [0.3, 0.4) is 0 Å². The third-order valence-electron chi connectivity index (χ3n) is 5.49. The summed E-state index contributed by atoms with van der Waals surface area (Å²) in [7, 11) is 0. The van der Waals surface area contributed by atoms with Gasteiger partial charge in [0, 0.05) is 55.3 Å². The van der Waals surface area contributed by atoms with E-state index in [1.54, 1.807) is 19.2 Å². The monoisotopic (exact) mass is 448 g/mol. The molecule has 7 nitrogen and oxygen atoms in total. The number of allylic oxidation sites excluding steroid dienone is 1. The number of hydrogen-bond acceptors (Lipinski definition) is 4. The van der Waals surface area contributed by atoms with E-state index in [1.165, 1.54) is 6.20 Å². The molecule has 1 aliphatic heterocycles. The van der Waals surface area contributed by atoms with E-state index in [-0.39, 0.29) is 35.9 Å². The molecule has 1 unspecified atom stereocenters. The second kappa shape index (κ2) is 10.6. The van der Waals surface area contributed by atoms with Gasteiger partial charge in [0.1, 0.15) is 17.3 Å². The fraction of sp³-hybridized carbons (Fsp3) is 0.500. The third-order valence-corrected chi connectivity index (χ3v) is 5.70. The Balaban J connectivity index is 1.80. The van der Waals surface area contributed by atoms with Gasteiger partial charge in [0.2, 0.25) is 5.91 Å². The molecular weight excluding hydrogens is 419 g/mol. The summed E-state index contributed by atoms with van der Waals surface area (Å²) in [5, 5.41) is 4.30. The Morgan fingerprint density at radius 1 is 1.45 bits per heavy atom. The van der Waals surface area contributed by atoms with Crippen LogP contribution in [0.25, 0.3) is 11.0 Å². The number of amides is 1. The number of aromatic nitrogens is 2. The number of aromatic amines is 1. The SMILES string of the molecule is CCCC(=O)N1CCCCC1CN/C(N=C(N)c1c[nH]c2ncc(Cl)cc12)=C(\F)CC. The zero-order valence-electron chi connectivity index (χ0n) is 18.0. The summed E-state index contributed by atoms with van der Waals surface area (Å²) in [6.45, 7) is 4.89. The molecule has 1 amide bonds. The lowest BCUT2D eigenvalue weighted by Crippen LogP contribution is -2.48. The highest BCUT2D eigenvalue weighted by Crippen LogP contribution is 2.22. The summed E-state index contributed by atoms with van der Waals surface area (Å²) < 4.78 is 14.6. The van der Waals surface area contributed by atoms with Gasteiger partial charge in [-0.3, -0.25) is 4.79 Å². The van der Waals surface area contributed by atoms with Gasteiger partial charge in [-0.2, -0.15) is 0 Å². The van der Waals surface area contributed by atoms with Crippen molar-refractivity contribution in [1.29, 1.82) is 0 Å². The normalized spacial score (nSPS) is 18.3. The van der Waals surface area contributed by atoms with Crippen molar-refractivity contribution in [3.05, 3.63) is 40.7 Å². The van der Waals surface area contributed by atoms with Gasteiger partial charge >= 0.3 is 0 Å². The fourth-order valence-electron chi connectivity index (χ4n) is 3.85. The van der Waals surface area contributed by atoms with E-state index < -0.39 is 0 Å². The zero-order chi connectivity index (χ0) is 22.4. The van der Waals surface area contributed by atoms with Crippen molar-refractivity contribution in [1.82, 2.24) is 20.2 Å². The van der Waals surface area contributed by atoms with Crippen molar-refractivity contribution in [3.63, 3.8) is 0 Å². The maximum Gasteiger partial charge on any atom is 0.222 e. The van der Waals surface area contributed by atoms with Crippen molar-refractivity contribution in [3.8, 4) is 0 Å². The van der Waals surface area contributed by atoms with Gasteiger partial charge in [-0.25, -0.2) is 14.4 Å². The summed E-state index contributed by atoms with van der Waals surface area (Å²) in [4.78, 5) is 26.0. The van der Waals surface area contributed by atoms with Gasteiger partial charge in [-0.15, -0.1) is 0 Å². The van der Waals surface area contributed by atoms with Gasteiger partial charge in [0.15, 0.2) is 5.82 Å². The number of nitrogens with two attached hydrogens (primary N) is 1. The number of rotatable bonds is 8. The van der Waals surface area contributed by atoms with Crippen LogP contribution in [0.1, 0.15) is 57.9 Å². The number of carbonyl (C=O) groups excluding carboxylic acids is 1. The molecule has 1 atom stereocenters. The van der Waals surface area contributed by atoms with Crippen LogP contribution in [-0.4, -0.2) is 45.7 Å². The molecule has 1 saturated heterocycles. The molecule has 2 aromatic heterocycles. The van der Waals surface area contributed by atoms with Crippen LogP contribution in [0.15, 0.2) is 35.1 Å². The standard InChI is InChI=1S/C22H30ClFN6O/c1-3-7-19(31)30-9-6-5-8-15(30)12-27-22(18(24)4-2)29-20(25)17-13-28-21-16(17)10-14(23)11-26-21/h10-11,13,15,27H,3-9,12H2,1-2H3,(H2,25,29)(H,26,28)/b22-18+. The minimum Gasteiger partial charge on any atom is -0.383 e. The summed E-state index contributed by atoms with van der Waals surface area (Å²) in [6.07, 6.45) is 7.68. The van der Waals surface area contributed by atoms with Gasteiger partial charge < -0.3 is 20.9 Å². The Labute approximate surface area is 186 Å². The smallest absolute Gasteiger partial charge is 0.222 e. The third kappa shape index (κ3) is 5.55. The van der Waals surface area contributed by atoms with Gasteiger partial charge in [0.25, 0.3) is 0 Å². The van der Waals surface area contributed by atoms with Crippen molar-refractivity contribution in [2.45, 2.75) is 58.4 Å². The summed E-state index contributed by atoms with van der Waals surface area (Å²) in [5.41, 5.74) is 7.45. The second-order valence-corrected chi connectivity index (χ2v) is 8.16. The second-order valence-electron chi connectivity index (χ2n) is 7.72. The number of piperidine rings is 1. The quantitative estimate of drug-likeness (QED) is 0.415. The van der Waals surface area contributed by atoms with Crippen molar-refractivity contribution < 1.29 is 9.18 Å². The molecule has 1 fully saturated rings. The first-order valence-corrected chi connectivity index (χ1v) is 11.2. The van der Waals surface area contributed by atoms with E-state index in [0.717, 1.165) is 32.2 Å². The highest BCUT2D eigenvalue weighted by molar-refractivity contribution is 6.31. The fourth-order valence-corrected chi connectivity index (χ4v) is 4.00. The summed E-state index contributed by atoms with van der Waals surface area (Å²) >= 11 is 6.06. The van der Waals surface area contributed by atoms with Crippen LogP contribution in [0.5, 0.6) is 0 Å². The molecule has 0 spiro atoms. The first kappa shape index (κ1) is 23.1. The van der Waals surface area contributed by atoms with Crippen LogP contribution in [0.2, 0.25) is 5.02 Å². The zero-order valence-corrected chi connectivity index (χ0v) is 18.8. The maximum atomic E-state index is 14.6. The van der Waals surface area contributed by atoms with Crippen LogP contribution < -0.4 is 11.1 Å². The van der Waals surface area contributed by atoms with E-state index >= 15 is 0 Å². The van der Waals surface area contributed by atoms with Gasteiger partial charge in [0.05, 0.1) is 5.02 Å². The predicted octanol–water partition coefficient (Wildman–Crippen LogP) is 4.24. The van der Waals surface area contributed by atoms with Crippen LogP contribution in [0.4, 0.5) is 4.39 Å². The summed E-state index contributed by atoms with van der Waals surface area (Å²) in [5.74, 6) is 0.0182. The molecule has 0 aromatic carbocycles. The number of aliphatic imine (C=N–C) groups is 1. The first-order chi connectivity index (χ1) is 14.9. The van der Waals surface area contributed by atoms with E-state index in [9.17, 15) is 9.18 Å². The Bertz CT molecular complexity index is 986. The molecule has 31 heavy (non-hydrogen) atoms. The Hall–Kier alpha value is -2.61. The van der Waals surface area contributed by atoms with Crippen molar-refractivity contribution >= 4 is 34.4 Å². The number of hydrogen-bond donors (Lipinski definition) is 3. The lowest BCUT2D eigenvalue weighted by Gasteiger charge is -2.36. The van der Waals surface area contributed by atoms with Crippen LogP contribution in [-0.2, 0) is 4.79 Å². The highest BCUT2D eigenvalue weighted by atomic mass is 35.5. The molecule has 0 saturated carbocycles. The molecule has 3 rings (SSSR count). The maximum absolute atomic E-state index is 14.6. The highest BCUT2D eigenvalue weighted by Gasteiger charge is 2.26. The molecule has 1 aliphatic rings. The molecule has 0 aliphatic carbocycles. The van der Waals surface area contributed by atoms with Crippen molar-refractivity contribution in [2.24, 2.45) is 10.7 Å². The van der Waals surface area contributed by atoms with E-state index in [2.05, 4.69) is 20.3 Å². The Kier molecular flexibility index (Phi) is 7.90. The molecule has 0 bridgehead atoms. The lowest BCUT2D eigenvalue weighted by atomic mass is 10.0. The van der Waals surface area contributed by atoms with Crippen LogP contribution in [0, 0.1) is 0 Å². The molecule has 168 valence electrons. The minimum absolute atomic E-state index is 0.0139. The Morgan fingerprint density at radius 2 is 2.26 bits per heavy atom. The Morgan fingerprint density at radius 3 is 3.00 bits per heavy atom. The number of fused-ring (bicyclic) bond motifs is 1. The molecule has 2 aromatic rings. The number of amidine groups is 1. The average Bonchev–Trinajstić information content (AvgIpc) is 3.19. The summed E-state index contributed by atoms with van der Waals surface area (Å²) in [6, 6.07) is 1.75. The molecule has 0 radical (unpaired) electrons. The number of likely N-dealkylation sites (tertiary alicyclic amines) is 1. The number of carbonyl (C=O) groups is 1. The largest absolute Gasteiger partial charge is 0.383 e. The van der Waals surface area contributed by atoms with E-state index in [1.807, 2.05) is 11.8 Å². The first-order valence-electron chi connectivity index (χ1n) is 10.8. The molecular formula is C22H30ClFN6O. The van der Waals surface area contributed by atoms with E-state index in [0.29, 0.717) is 34.6 Å². The topological polar surface area (TPSA) is 99.4 Å². The number of pyridine rings is 1. The number of H-pyrrole nitrogens is 1. The molecule has 9 heteroatoms. The van der Waals surface area contributed by atoms with E-state index in [4.69, 9.17) is 17.3 Å². The van der Waals surface area contributed by atoms with Crippen LogP contribution >= 0.6 is 11.6 Å². The average molecular weight is 449 g/mol. The number of nitrogens with one attached hydrogen (secondary N) is 2.